The molecule has 0 aliphatic carbocycles. The van der Waals surface area contributed by atoms with E-state index in [0.29, 0.717) is 38.5 Å². The van der Waals surface area contributed by atoms with E-state index in [-0.39, 0.29) is 18.4 Å². The van der Waals surface area contributed by atoms with Crippen molar-refractivity contribution in [2.75, 3.05) is 19.0 Å². The van der Waals surface area contributed by atoms with Crippen LogP contribution in [0.15, 0.2) is 71.8 Å². The van der Waals surface area contributed by atoms with Gasteiger partial charge in [-0.2, -0.15) is 5.10 Å². The van der Waals surface area contributed by atoms with Crippen LogP contribution in [0.1, 0.15) is 22.8 Å². The Morgan fingerprint density at radius 2 is 1.61 bits per heavy atom. The molecule has 2 amide bonds. The number of hydrazone groups is 1. The first-order valence-electron chi connectivity index (χ1n) is 9.82. The number of carbonyl (C=O) groups excluding carboxylic acids is 2. The van der Waals surface area contributed by atoms with E-state index in [0.717, 1.165) is 5.56 Å². The quantitative estimate of drug-likeness (QED) is 0.340. The van der Waals surface area contributed by atoms with Gasteiger partial charge in [-0.25, -0.2) is 5.43 Å². The van der Waals surface area contributed by atoms with E-state index >= 15 is 0 Å². The summed E-state index contributed by atoms with van der Waals surface area (Å²) in [5.74, 6) is 0.362. The molecule has 0 heterocycles. The molecule has 2 N–H and O–H groups in total. The van der Waals surface area contributed by atoms with Gasteiger partial charge in [-0.1, -0.05) is 35.3 Å². The average molecular weight is 486 g/mol. The summed E-state index contributed by atoms with van der Waals surface area (Å²) in [5, 5.41) is 7.68. The van der Waals surface area contributed by atoms with Crippen molar-refractivity contribution in [3.63, 3.8) is 0 Å². The zero-order valence-corrected chi connectivity index (χ0v) is 19.4. The van der Waals surface area contributed by atoms with Crippen LogP contribution in [0.25, 0.3) is 0 Å². The highest BCUT2D eigenvalue weighted by Gasteiger charge is 2.08. The molecule has 0 spiro atoms. The van der Waals surface area contributed by atoms with E-state index in [1.807, 2.05) is 0 Å². The molecule has 3 rings (SSSR count). The standard InChI is InChI=1S/C24H21Cl2N3O4/c1-15(28-29-24(31)17-5-10-20(32-2)11-6-17)16-3-8-19(9-4-16)27-23(30)14-33-22-12-7-18(25)13-21(22)26/h3-13H,14H2,1-2H3,(H,27,30)(H,29,31)/b28-15+. The number of anilines is 1. The molecular weight excluding hydrogens is 465 g/mol. The highest BCUT2D eigenvalue weighted by molar-refractivity contribution is 6.35. The number of benzene rings is 3. The molecule has 0 saturated carbocycles. The Kier molecular flexibility index (Phi) is 8.29. The van der Waals surface area contributed by atoms with Crippen LogP contribution in [-0.4, -0.2) is 31.2 Å². The fourth-order valence-electron chi connectivity index (χ4n) is 2.73. The number of hydrogen-bond donors (Lipinski definition) is 2. The highest BCUT2D eigenvalue weighted by Crippen LogP contribution is 2.27. The van der Waals surface area contributed by atoms with Crippen LogP contribution in [0.3, 0.4) is 0 Å². The van der Waals surface area contributed by atoms with E-state index in [4.69, 9.17) is 32.7 Å². The Bertz CT molecular complexity index is 1160. The minimum Gasteiger partial charge on any atom is -0.497 e. The first kappa shape index (κ1) is 24.1. The molecule has 0 aliphatic heterocycles. The number of ether oxygens (including phenoxy) is 2. The predicted molar refractivity (Wildman–Crippen MR) is 130 cm³/mol. The molecule has 0 saturated heterocycles. The molecule has 3 aromatic carbocycles. The van der Waals surface area contributed by atoms with Gasteiger partial charge in [0.2, 0.25) is 0 Å². The molecule has 0 radical (unpaired) electrons. The third-order valence-corrected chi connectivity index (χ3v) is 5.05. The van der Waals surface area contributed by atoms with Gasteiger partial charge in [-0.3, -0.25) is 9.59 Å². The van der Waals surface area contributed by atoms with Gasteiger partial charge in [0.15, 0.2) is 6.61 Å². The molecule has 0 unspecified atom stereocenters. The van der Waals surface area contributed by atoms with Crippen molar-refractivity contribution in [2.24, 2.45) is 5.10 Å². The van der Waals surface area contributed by atoms with Crippen molar-refractivity contribution in [1.82, 2.24) is 5.43 Å². The molecule has 170 valence electrons. The lowest BCUT2D eigenvalue weighted by Gasteiger charge is -2.09. The van der Waals surface area contributed by atoms with Crippen LogP contribution >= 0.6 is 23.2 Å². The third-order valence-electron chi connectivity index (χ3n) is 4.52. The number of carbonyl (C=O) groups is 2. The minimum atomic E-state index is -0.342. The van der Waals surface area contributed by atoms with Gasteiger partial charge in [0.05, 0.1) is 17.8 Å². The molecule has 9 heteroatoms. The van der Waals surface area contributed by atoms with Gasteiger partial charge in [-0.05, 0) is 67.1 Å². The second-order valence-electron chi connectivity index (χ2n) is 6.86. The lowest BCUT2D eigenvalue weighted by molar-refractivity contribution is -0.118. The average Bonchev–Trinajstić information content (AvgIpc) is 2.82. The summed E-state index contributed by atoms with van der Waals surface area (Å²) in [5.41, 5.74) is 4.97. The number of nitrogens with zero attached hydrogens (tertiary/aromatic N) is 1. The summed E-state index contributed by atoms with van der Waals surface area (Å²) in [4.78, 5) is 24.4. The Labute approximate surface area is 201 Å². The second-order valence-corrected chi connectivity index (χ2v) is 7.70. The monoisotopic (exact) mass is 485 g/mol. The van der Waals surface area contributed by atoms with Crippen LogP contribution < -0.4 is 20.2 Å². The van der Waals surface area contributed by atoms with Gasteiger partial charge in [-0.15, -0.1) is 0 Å². The number of nitrogens with one attached hydrogen (secondary N) is 2. The van der Waals surface area contributed by atoms with Crippen LogP contribution in [-0.2, 0) is 4.79 Å². The van der Waals surface area contributed by atoms with Crippen molar-refractivity contribution in [1.29, 1.82) is 0 Å². The fraction of sp³-hybridized carbons (Fsp3) is 0.125. The molecule has 0 atom stereocenters. The van der Waals surface area contributed by atoms with Gasteiger partial charge in [0.1, 0.15) is 11.5 Å². The maximum Gasteiger partial charge on any atom is 0.271 e. The fourth-order valence-corrected chi connectivity index (χ4v) is 3.20. The van der Waals surface area contributed by atoms with Gasteiger partial charge < -0.3 is 14.8 Å². The molecule has 0 bridgehead atoms. The number of hydrogen-bond acceptors (Lipinski definition) is 5. The van der Waals surface area contributed by atoms with Crippen molar-refractivity contribution >= 4 is 46.4 Å². The molecular formula is C24H21Cl2N3O4. The number of rotatable bonds is 8. The summed E-state index contributed by atoms with van der Waals surface area (Å²) in [7, 11) is 1.56. The molecule has 3 aromatic rings. The zero-order valence-electron chi connectivity index (χ0n) is 17.9. The summed E-state index contributed by atoms with van der Waals surface area (Å²) >= 11 is 11.9. The summed E-state index contributed by atoms with van der Waals surface area (Å²) in [6, 6.07) is 18.5. The summed E-state index contributed by atoms with van der Waals surface area (Å²) in [6.45, 7) is 1.56. The zero-order chi connectivity index (χ0) is 23.8. The Balaban J connectivity index is 1.52. The smallest absolute Gasteiger partial charge is 0.271 e. The summed E-state index contributed by atoms with van der Waals surface area (Å²) < 4.78 is 10.5. The molecule has 0 aliphatic rings. The van der Waals surface area contributed by atoms with Crippen molar-refractivity contribution in [3.05, 3.63) is 87.9 Å². The molecule has 7 nitrogen and oxygen atoms in total. The van der Waals surface area contributed by atoms with Gasteiger partial charge >= 0.3 is 0 Å². The molecule has 0 aromatic heterocycles. The lowest BCUT2D eigenvalue weighted by atomic mass is 10.1. The first-order valence-corrected chi connectivity index (χ1v) is 10.6. The van der Waals surface area contributed by atoms with Crippen LogP contribution in [0.5, 0.6) is 11.5 Å². The largest absolute Gasteiger partial charge is 0.497 e. The maximum atomic E-state index is 12.2. The SMILES string of the molecule is COc1ccc(C(=O)N/N=C(\C)c2ccc(NC(=O)COc3ccc(Cl)cc3Cl)cc2)cc1. The number of amides is 2. The normalized spacial score (nSPS) is 11.0. The minimum absolute atomic E-state index is 0.207. The second kappa shape index (κ2) is 11.4. The Morgan fingerprint density at radius 3 is 2.24 bits per heavy atom. The molecule has 0 fully saturated rings. The van der Waals surface area contributed by atoms with Crippen molar-refractivity contribution in [3.8, 4) is 11.5 Å². The maximum absolute atomic E-state index is 12.2. The lowest BCUT2D eigenvalue weighted by Crippen LogP contribution is -2.20. The van der Waals surface area contributed by atoms with Crippen LogP contribution in [0.4, 0.5) is 5.69 Å². The number of methoxy groups -OCH3 is 1. The first-order chi connectivity index (χ1) is 15.9. The highest BCUT2D eigenvalue weighted by atomic mass is 35.5. The van der Waals surface area contributed by atoms with Gasteiger partial charge in [0.25, 0.3) is 11.8 Å². The Hall–Kier alpha value is -3.55. The van der Waals surface area contributed by atoms with E-state index in [1.54, 1.807) is 80.8 Å². The van der Waals surface area contributed by atoms with Gasteiger partial charge in [0, 0.05) is 16.3 Å². The van der Waals surface area contributed by atoms with Crippen LogP contribution in [0.2, 0.25) is 10.0 Å². The van der Waals surface area contributed by atoms with E-state index in [1.165, 1.54) is 0 Å². The van der Waals surface area contributed by atoms with Crippen LogP contribution in [0, 0.1) is 0 Å². The topological polar surface area (TPSA) is 89.0 Å². The van der Waals surface area contributed by atoms with E-state index in [2.05, 4.69) is 15.8 Å². The van der Waals surface area contributed by atoms with E-state index < -0.39 is 0 Å². The summed E-state index contributed by atoms with van der Waals surface area (Å²) in [6.07, 6.45) is 0. The molecule has 33 heavy (non-hydrogen) atoms. The Morgan fingerprint density at radius 1 is 0.939 bits per heavy atom. The van der Waals surface area contributed by atoms with Crippen molar-refractivity contribution in [2.45, 2.75) is 6.92 Å². The predicted octanol–water partition coefficient (Wildman–Crippen LogP) is 5.17. The third kappa shape index (κ3) is 6.97. The number of halogens is 2. The van der Waals surface area contributed by atoms with Crippen molar-refractivity contribution < 1.29 is 19.1 Å². The van der Waals surface area contributed by atoms with E-state index in [9.17, 15) is 9.59 Å².